The van der Waals surface area contributed by atoms with E-state index in [4.69, 9.17) is 4.74 Å². The Morgan fingerprint density at radius 1 is 1.52 bits per heavy atom. The Hall–Kier alpha value is -2.68. The molecule has 27 heavy (non-hydrogen) atoms. The standard InChI is InChI=1S/C18H23N5O4/c1-11(24)19-7-8-23-10-18-4-3-12(27-18)14(15(18)17(23)26)16(25)22(2)9-13-20-5-6-21-13/h3-6,12,14-15H,7-10H2,1-2H3,(H,19,24)(H,20,21)/t12-,14+,15-,18-/m0/s1. The molecule has 1 aromatic heterocycles. The van der Waals surface area contributed by atoms with Gasteiger partial charge in [0.1, 0.15) is 11.4 Å². The third kappa shape index (κ3) is 2.91. The number of nitrogens with zero attached hydrogens (tertiary/aromatic N) is 3. The van der Waals surface area contributed by atoms with Gasteiger partial charge in [0, 0.05) is 39.5 Å². The molecular formula is C18H23N5O4. The van der Waals surface area contributed by atoms with Gasteiger partial charge in [-0.05, 0) is 0 Å². The van der Waals surface area contributed by atoms with Gasteiger partial charge in [-0.2, -0.15) is 0 Å². The number of H-pyrrole nitrogens is 1. The zero-order valence-corrected chi connectivity index (χ0v) is 15.3. The van der Waals surface area contributed by atoms with Crippen molar-refractivity contribution in [2.75, 3.05) is 26.7 Å². The number of likely N-dealkylation sites (tertiary alicyclic amines) is 1. The lowest BCUT2D eigenvalue weighted by Crippen LogP contribution is -2.45. The number of carbonyl (C=O) groups excluding carboxylic acids is 3. The lowest BCUT2D eigenvalue weighted by atomic mass is 9.76. The summed E-state index contributed by atoms with van der Waals surface area (Å²) in [5.41, 5.74) is -0.732. The summed E-state index contributed by atoms with van der Waals surface area (Å²) in [6.45, 7) is 2.99. The van der Waals surface area contributed by atoms with Crippen LogP contribution in [0.2, 0.25) is 0 Å². The van der Waals surface area contributed by atoms with Crippen LogP contribution in [0.1, 0.15) is 12.7 Å². The summed E-state index contributed by atoms with van der Waals surface area (Å²) < 4.78 is 6.10. The van der Waals surface area contributed by atoms with Gasteiger partial charge in [-0.1, -0.05) is 12.2 Å². The highest BCUT2D eigenvalue weighted by Crippen LogP contribution is 2.52. The minimum absolute atomic E-state index is 0.0862. The number of fused-ring (bicyclic) bond motifs is 1. The fourth-order valence-corrected chi connectivity index (χ4v) is 4.36. The first-order valence-electron chi connectivity index (χ1n) is 9.05. The SMILES string of the molecule is CC(=O)NCCN1C[C@]23C=C[C@H](O2)[C@@H](C(=O)N(C)Cc2ncc[nH]2)[C@H]3C1=O. The van der Waals surface area contributed by atoms with Gasteiger partial charge in [-0.15, -0.1) is 0 Å². The van der Waals surface area contributed by atoms with Crippen molar-refractivity contribution in [3.05, 3.63) is 30.4 Å². The number of carbonyl (C=O) groups is 3. The van der Waals surface area contributed by atoms with Crippen molar-refractivity contribution in [1.29, 1.82) is 0 Å². The number of nitrogens with one attached hydrogen (secondary N) is 2. The van der Waals surface area contributed by atoms with Crippen LogP contribution in [-0.4, -0.2) is 75.9 Å². The average Bonchev–Trinajstić information content (AvgIpc) is 3.37. The van der Waals surface area contributed by atoms with Gasteiger partial charge in [-0.3, -0.25) is 14.4 Å². The van der Waals surface area contributed by atoms with Crippen molar-refractivity contribution in [2.24, 2.45) is 11.8 Å². The van der Waals surface area contributed by atoms with Gasteiger partial charge in [0.15, 0.2) is 0 Å². The zero-order chi connectivity index (χ0) is 19.2. The monoisotopic (exact) mass is 373 g/mol. The molecule has 0 aromatic carbocycles. The number of ether oxygens (including phenoxy) is 1. The molecule has 9 nitrogen and oxygen atoms in total. The Kier molecular flexibility index (Phi) is 4.26. The molecule has 3 aliphatic rings. The highest BCUT2D eigenvalue weighted by molar-refractivity contribution is 5.93. The lowest BCUT2D eigenvalue weighted by Gasteiger charge is -2.27. The maximum Gasteiger partial charge on any atom is 0.230 e. The van der Waals surface area contributed by atoms with Crippen molar-refractivity contribution >= 4 is 17.7 Å². The topological polar surface area (TPSA) is 108 Å². The third-order valence-electron chi connectivity index (χ3n) is 5.54. The van der Waals surface area contributed by atoms with E-state index in [2.05, 4.69) is 15.3 Å². The molecule has 2 saturated heterocycles. The van der Waals surface area contributed by atoms with E-state index in [0.717, 1.165) is 0 Å². The minimum atomic E-state index is -0.732. The van der Waals surface area contributed by atoms with Crippen LogP contribution >= 0.6 is 0 Å². The van der Waals surface area contributed by atoms with E-state index in [1.165, 1.54) is 6.92 Å². The number of aromatic amines is 1. The van der Waals surface area contributed by atoms with Gasteiger partial charge in [0.25, 0.3) is 0 Å². The van der Waals surface area contributed by atoms with Crippen LogP contribution in [0.5, 0.6) is 0 Å². The Morgan fingerprint density at radius 2 is 2.33 bits per heavy atom. The summed E-state index contributed by atoms with van der Waals surface area (Å²) in [6, 6.07) is 0. The van der Waals surface area contributed by atoms with Gasteiger partial charge < -0.3 is 24.8 Å². The molecule has 4 heterocycles. The minimum Gasteiger partial charge on any atom is -0.360 e. The number of rotatable bonds is 6. The second kappa shape index (κ2) is 6.49. The summed E-state index contributed by atoms with van der Waals surface area (Å²) in [4.78, 5) is 47.6. The van der Waals surface area contributed by atoms with Crippen LogP contribution in [0.25, 0.3) is 0 Å². The molecule has 0 aliphatic carbocycles. The molecular weight excluding hydrogens is 350 g/mol. The quantitative estimate of drug-likeness (QED) is 0.641. The predicted octanol–water partition coefficient (Wildman–Crippen LogP) is -0.714. The zero-order valence-electron chi connectivity index (χ0n) is 15.3. The Labute approximate surface area is 156 Å². The van der Waals surface area contributed by atoms with E-state index in [-0.39, 0.29) is 23.8 Å². The van der Waals surface area contributed by atoms with E-state index in [1.54, 1.807) is 29.2 Å². The van der Waals surface area contributed by atoms with Crippen LogP contribution in [0, 0.1) is 11.8 Å². The molecule has 1 aromatic rings. The predicted molar refractivity (Wildman–Crippen MR) is 94.0 cm³/mol. The smallest absolute Gasteiger partial charge is 0.230 e. The number of imidazole rings is 1. The Balaban J connectivity index is 1.48. The largest absolute Gasteiger partial charge is 0.360 e. The molecule has 3 aliphatic heterocycles. The van der Waals surface area contributed by atoms with Crippen molar-refractivity contribution in [3.8, 4) is 0 Å². The summed E-state index contributed by atoms with van der Waals surface area (Å²) in [6.07, 6.45) is 6.79. The van der Waals surface area contributed by atoms with Crippen molar-refractivity contribution in [3.63, 3.8) is 0 Å². The first-order chi connectivity index (χ1) is 12.9. The molecule has 0 unspecified atom stereocenters. The number of aromatic nitrogens is 2. The van der Waals surface area contributed by atoms with Gasteiger partial charge in [-0.25, -0.2) is 4.98 Å². The van der Waals surface area contributed by atoms with Crippen LogP contribution in [0.3, 0.4) is 0 Å². The summed E-state index contributed by atoms with van der Waals surface area (Å²) in [5.74, 6) is -0.703. The van der Waals surface area contributed by atoms with Crippen LogP contribution < -0.4 is 5.32 Å². The molecule has 2 bridgehead atoms. The summed E-state index contributed by atoms with van der Waals surface area (Å²) >= 11 is 0. The van der Waals surface area contributed by atoms with E-state index < -0.39 is 17.4 Å². The van der Waals surface area contributed by atoms with Crippen molar-refractivity contribution in [1.82, 2.24) is 25.1 Å². The van der Waals surface area contributed by atoms with Crippen LogP contribution in [0.15, 0.2) is 24.5 Å². The fraction of sp³-hybridized carbons (Fsp3) is 0.556. The number of hydrogen-bond acceptors (Lipinski definition) is 5. The summed E-state index contributed by atoms with van der Waals surface area (Å²) in [7, 11) is 1.71. The second-order valence-corrected chi connectivity index (χ2v) is 7.37. The normalized spacial score (nSPS) is 30.7. The van der Waals surface area contributed by atoms with E-state index >= 15 is 0 Å². The van der Waals surface area contributed by atoms with Crippen LogP contribution in [0.4, 0.5) is 0 Å². The van der Waals surface area contributed by atoms with E-state index in [0.29, 0.717) is 32.0 Å². The third-order valence-corrected chi connectivity index (χ3v) is 5.54. The maximum atomic E-state index is 13.1. The summed E-state index contributed by atoms with van der Waals surface area (Å²) in [5, 5.41) is 2.70. The van der Waals surface area contributed by atoms with Crippen molar-refractivity contribution < 1.29 is 19.1 Å². The average molecular weight is 373 g/mol. The Morgan fingerprint density at radius 3 is 3.04 bits per heavy atom. The lowest BCUT2D eigenvalue weighted by molar-refractivity contribution is -0.142. The second-order valence-electron chi connectivity index (χ2n) is 7.37. The van der Waals surface area contributed by atoms with Gasteiger partial charge >= 0.3 is 0 Å². The molecule has 2 N–H and O–H groups in total. The maximum absolute atomic E-state index is 13.1. The molecule has 0 saturated carbocycles. The Bertz CT molecular complexity index is 792. The number of hydrogen-bond donors (Lipinski definition) is 2. The van der Waals surface area contributed by atoms with E-state index in [1.807, 2.05) is 12.2 Å². The molecule has 0 radical (unpaired) electrons. The molecule has 9 heteroatoms. The molecule has 4 atom stereocenters. The first-order valence-corrected chi connectivity index (χ1v) is 9.05. The molecule has 4 rings (SSSR count). The highest BCUT2D eigenvalue weighted by Gasteiger charge is 2.66. The molecule has 2 fully saturated rings. The van der Waals surface area contributed by atoms with Gasteiger partial charge in [0.2, 0.25) is 17.7 Å². The van der Waals surface area contributed by atoms with Crippen molar-refractivity contribution in [2.45, 2.75) is 25.2 Å². The highest BCUT2D eigenvalue weighted by atomic mass is 16.5. The van der Waals surface area contributed by atoms with E-state index in [9.17, 15) is 14.4 Å². The first kappa shape index (κ1) is 17.7. The fourth-order valence-electron chi connectivity index (χ4n) is 4.36. The van der Waals surface area contributed by atoms with Gasteiger partial charge in [0.05, 0.1) is 31.0 Å². The van der Waals surface area contributed by atoms with Crippen LogP contribution in [-0.2, 0) is 25.7 Å². The molecule has 1 spiro atoms. The molecule has 144 valence electrons. The number of amides is 3. The molecule has 3 amide bonds.